The summed E-state index contributed by atoms with van der Waals surface area (Å²) in [6.45, 7) is 15.0. The Bertz CT molecular complexity index is 943. The maximum Gasteiger partial charge on any atom is 0.349 e. The first-order valence-corrected chi connectivity index (χ1v) is 14.7. The average Bonchev–Trinajstić information content (AvgIpc) is 3.06. The quantitative estimate of drug-likeness (QED) is 0.129. The molecular weight excluding hydrogens is 549 g/mol. The van der Waals surface area contributed by atoms with Gasteiger partial charge in [-0.3, -0.25) is 32.8 Å². The molecule has 0 aromatic heterocycles. The van der Waals surface area contributed by atoms with Gasteiger partial charge in [-0.15, -0.1) is 5.06 Å². The highest BCUT2D eigenvalue weighted by Crippen LogP contribution is 2.57. The van der Waals surface area contributed by atoms with Gasteiger partial charge in [-0.2, -0.15) is 0 Å². The molecule has 1 aliphatic heterocycles. The largest absolute Gasteiger partial charge is 0.438 e. The highest BCUT2D eigenvalue weighted by Gasteiger charge is 2.55. The molecule has 2 atom stereocenters. The molecule has 40 heavy (non-hydrogen) atoms. The minimum atomic E-state index is -4.59. The molecule has 1 rings (SSSR count). The summed E-state index contributed by atoms with van der Waals surface area (Å²) >= 11 is 0. The van der Waals surface area contributed by atoms with Crippen molar-refractivity contribution in [2.24, 2.45) is 22.7 Å². The zero-order valence-corrected chi connectivity index (χ0v) is 26.0. The average molecular weight is 594 g/mol. The lowest BCUT2D eigenvalue weighted by Gasteiger charge is -2.24. The molecule has 0 bridgehead atoms. The zero-order chi connectivity index (χ0) is 31.1. The molecule has 2 unspecified atom stereocenters. The topological polar surface area (TPSA) is 161 Å². The van der Waals surface area contributed by atoms with Crippen LogP contribution in [0.4, 0.5) is 0 Å². The Labute approximate surface area is 236 Å². The fourth-order valence-corrected chi connectivity index (χ4v) is 4.77. The van der Waals surface area contributed by atoms with Crippen LogP contribution < -0.4 is 0 Å². The third kappa shape index (κ3) is 11.2. The van der Waals surface area contributed by atoms with Crippen molar-refractivity contribution in [3.63, 3.8) is 0 Å². The lowest BCUT2D eigenvalue weighted by molar-refractivity contribution is -0.228. The van der Waals surface area contributed by atoms with Gasteiger partial charge in [0.1, 0.15) is 5.66 Å². The molecule has 1 amide bonds. The lowest BCUT2D eigenvalue weighted by Crippen LogP contribution is -2.39. The van der Waals surface area contributed by atoms with E-state index in [0.717, 1.165) is 0 Å². The van der Waals surface area contributed by atoms with E-state index < -0.39 is 80.1 Å². The van der Waals surface area contributed by atoms with E-state index in [0.29, 0.717) is 5.06 Å². The van der Waals surface area contributed by atoms with Crippen LogP contribution >= 0.6 is 7.60 Å². The second kappa shape index (κ2) is 14.4. The first-order chi connectivity index (χ1) is 18.2. The standard InChI is InChI=1S/C26H44NO12P/c1-16(2)11-20(28)38-19-13-18(22(30)27(19)39-21(29)12-17(3)4)40(33,36-14-34-23(31)25(5,6)7)37-15-35-24(32)26(8,9)10/h16-19H,11-15H2,1-10H3. The highest BCUT2D eigenvalue weighted by atomic mass is 31.2. The molecule has 13 nitrogen and oxygen atoms in total. The zero-order valence-electron chi connectivity index (χ0n) is 25.1. The minimum Gasteiger partial charge on any atom is -0.438 e. The normalized spacial score (nSPS) is 18.2. The van der Waals surface area contributed by atoms with E-state index in [1.807, 2.05) is 0 Å². The molecule has 0 saturated carbocycles. The van der Waals surface area contributed by atoms with Crippen LogP contribution in [0.1, 0.15) is 88.5 Å². The third-order valence-corrected chi connectivity index (χ3v) is 7.38. The van der Waals surface area contributed by atoms with Gasteiger partial charge in [0.05, 0.1) is 17.3 Å². The van der Waals surface area contributed by atoms with Crippen LogP contribution in [-0.2, 0) is 56.6 Å². The first kappa shape index (κ1) is 35.5. The van der Waals surface area contributed by atoms with Crippen molar-refractivity contribution >= 4 is 37.4 Å². The van der Waals surface area contributed by atoms with Gasteiger partial charge in [0.2, 0.25) is 19.8 Å². The number of hydroxylamine groups is 2. The Balaban J connectivity index is 3.27. The number of ether oxygens (including phenoxy) is 3. The molecule has 0 aromatic carbocycles. The summed E-state index contributed by atoms with van der Waals surface area (Å²) in [5.74, 6) is -3.99. The summed E-state index contributed by atoms with van der Waals surface area (Å²) in [7, 11) is -4.59. The van der Waals surface area contributed by atoms with Crippen LogP contribution in [0.15, 0.2) is 0 Å². The van der Waals surface area contributed by atoms with Crippen LogP contribution in [0, 0.1) is 22.7 Å². The van der Waals surface area contributed by atoms with Crippen molar-refractivity contribution in [1.82, 2.24) is 5.06 Å². The number of amides is 1. The second-order valence-corrected chi connectivity index (χ2v) is 14.6. The number of hydrogen-bond donors (Lipinski definition) is 0. The van der Waals surface area contributed by atoms with Crippen molar-refractivity contribution in [3.8, 4) is 0 Å². The van der Waals surface area contributed by atoms with E-state index in [1.54, 1.807) is 69.2 Å². The summed E-state index contributed by atoms with van der Waals surface area (Å²) in [5, 5.41) is 0.551. The number of rotatable bonds is 13. The van der Waals surface area contributed by atoms with E-state index in [2.05, 4.69) is 0 Å². The number of nitrogens with zero attached hydrogens (tertiary/aromatic N) is 1. The molecule has 0 aromatic rings. The van der Waals surface area contributed by atoms with Crippen LogP contribution in [0.3, 0.4) is 0 Å². The Morgan fingerprint density at radius 2 is 1.25 bits per heavy atom. The number of carbonyl (C=O) groups excluding carboxylic acids is 5. The summed E-state index contributed by atoms with van der Waals surface area (Å²) in [6.07, 6.45) is -1.89. The predicted octanol–water partition coefficient (Wildman–Crippen LogP) is 4.33. The first-order valence-electron chi connectivity index (χ1n) is 13.1. The Morgan fingerprint density at radius 1 is 0.825 bits per heavy atom. The van der Waals surface area contributed by atoms with E-state index >= 15 is 0 Å². The van der Waals surface area contributed by atoms with Gasteiger partial charge in [-0.25, -0.2) is 4.79 Å². The number of esters is 3. The third-order valence-electron chi connectivity index (χ3n) is 5.26. The Kier molecular flexibility index (Phi) is 12.8. The Morgan fingerprint density at radius 3 is 1.65 bits per heavy atom. The van der Waals surface area contributed by atoms with Crippen LogP contribution in [-0.4, -0.2) is 60.3 Å². The molecule has 14 heteroatoms. The summed E-state index contributed by atoms with van der Waals surface area (Å²) in [6, 6.07) is 0. The maximum atomic E-state index is 14.0. The van der Waals surface area contributed by atoms with Gasteiger partial charge < -0.3 is 19.0 Å². The SMILES string of the molecule is CC(C)CC(=O)OC1CC(P(=O)(OCOC(=O)C(C)(C)C)OCOC(=O)C(C)(C)C)C(=O)N1OC(=O)CC(C)C. The fourth-order valence-electron chi connectivity index (χ4n) is 3.11. The molecule has 0 radical (unpaired) electrons. The van der Waals surface area contributed by atoms with Gasteiger partial charge in [-0.1, -0.05) is 27.7 Å². The van der Waals surface area contributed by atoms with Crippen molar-refractivity contribution in [2.45, 2.75) is 100 Å². The van der Waals surface area contributed by atoms with E-state index in [-0.39, 0.29) is 24.7 Å². The Hall–Kier alpha value is -2.50. The minimum absolute atomic E-state index is 0.0132. The van der Waals surface area contributed by atoms with Crippen LogP contribution in [0.2, 0.25) is 0 Å². The predicted molar refractivity (Wildman–Crippen MR) is 141 cm³/mol. The summed E-state index contributed by atoms with van der Waals surface area (Å²) in [4.78, 5) is 67.8. The van der Waals surface area contributed by atoms with Gasteiger partial charge >= 0.3 is 31.5 Å². The van der Waals surface area contributed by atoms with E-state index in [9.17, 15) is 28.5 Å². The lowest BCUT2D eigenvalue weighted by atomic mass is 9.98. The van der Waals surface area contributed by atoms with Gasteiger partial charge in [0.25, 0.3) is 5.91 Å². The molecule has 0 aliphatic carbocycles. The summed E-state index contributed by atoms with van der Waals surface area (Å²) < 4.78 is 40.1. The van der Waals surface area contributed by atoms with Crippen molar-refractivity contribution in [3.05, 3.63) is 0 Å². The maximum absolute atomic E-state index is 14.0. The molecule has 1 saturated heterocycles. The molecule has 1 aliphatic rings. The van der Waals surface area contributed by atoms with Gasteiger partial charge in [0, 0.05) is 12.8 Å². The van der Waals surface area contributed by atoms with Crippen LogP contribution in [0.5, 0.6) is 0 Å². The molecule has 1 fully saturated rings. The smallest absolute Gasteiger partial charge is 0.349 e. The van der Waals surface area contributed by atoms with E-state index in [1.165, 1.54) is 0 Å². The molecule has 0 N–H and O–H groups in total. The number of carbonyl (C=O) groups is 5. The van der Waals surface area contributed by atoms with Crippen molar-refractivity contribution in [2.75, 3.05) is 13.6 Å². The van der Waals surface area contributed by atoms with Gasteiger partial charge in [0.15, 0.2) is 0 Å². The van der Waals surface area contributed by atoms with Gasteiger partial charge in [-0.05, 0) is 53.4 Å². The van der Waals surface area contributed by atoms with Crippen molar-refractivity contribution in [1.29, 1.82) is 0 Å². The fraction of sp³-hybridized carbons (Fsp3) is 0.808. The van der Waals surface area contributed by atoms with E-state index in [4.69, 9.17) is 28.1 Å². The highest BCUT2D eigenvalue weighted by molar-refractivity contribution is 7.55. The number of hydrogen-bond acceptors (Lipinski definition) is 12. The summed E-state index contributed by atoms with van der Waals surface area (Å²) in [5.41, 5.74) is -3.45. The second-order valence-electron chi connectivity index (χ2n) is 12.4. The molecule has 0 spiro atoms. The van der Waals surface area contributed by atoms with Crippen LogP contribution in [0.25, 0.3) is 0 Å². The van der Waals surface area contributed by atoms with Crippen molar-refractivity contribution < 1.29 is 56.6 Å². The molecule has 230 valence electrons. The molecule has 1 heterocycles. The molecular formula is C26H44NO12P. The monoisotopic (exact) mass is 593 g/mol.